The van der Waals surface area contributed by atoms with E-state index in [0.29, 0.717) is 13.0 Å². The number of unbranched alkanes of at least 4 members (excludes halogenated alkanes) is 4. The van der Waals surface area contributed by atoms with Crippen molar-refractivity contribution in [2.45, 2.75) is 44.9 Å². The Kier molecular flexibility index (Phi) is 10.1. The zero-order valence-corrected chi connectivity index (χ0v) is 8.83. The fourth-order valence-corrected chi connectivity index (χ4v) is 1.09. The van der Waals surface area contributed by atoms with Gasteiger partial charge in [-0.3, -0.25) is 4.79 Å². The van der Waals surface area contributed by atoms with Crippen LogP contribution < -0.4 is 0 Å². The molecule has 1 radical (unpaired) electrons. The predicted octanol–water partition coefficient (Wildman–Crippen LogP) is 2.09. The van der Waals surface area contributed by atoms with Crippen molar-refractivity contribution < 1.29 is 14.6 Å². The molecule has 83 valence electrons. The molecule has 0 aliphatic heterocycles. The minimum absolute atomic E-state index is 0.119. The topological polar surface area (TPSA) is 46.5 Å². The lowest BCUT2D eigenvalue weighted by molar-refractivity contribution is -0.143. The molecule has 3 nitrogen and oxygen atoms in total. The van der Waals surface area contributed by atoms with Gasteiger partial charge in [0.1, 0.15) is 0 Å². The summed E-state index contributed by atoms with van der Waals surface area (Å²) < 4.78 is 5.00. The average Bonchev–Trinajstić information content (AvgIpc) is 2.19. The summed E-state index contributed by atoms with van der Waals surface area (Å²) in [6, 6.07) is 0. The van der Waals surface area contributed by atoms with E-state index in [9.17, 15) is 4.79 Å². The molecule has 0 aliphatic carbocycles. The summed E-state index contributed by atoms with van der Waals surface area (Å²) in [5.41, 5.74) is 0. The summed E-state index contributed by atoms with van der Waals surface area (Å²) in [6.45, 7) is 4.44. The van der Waals surface area contributed by atoms with E-state index < -0.39 is 0 Å². The van der Waals surface area contributed by atoms with Gasteiger partial charge in [-0.05, 0) is 19.3 Å². The molecule has 0 spiro atoms. The smallest absolute Gasteiger partial charge is 0.305 e. The van der Waals surface area contributed by atoms with Crippen LogP contribution in [0.1, 0.15) is 44.9 Å². The molecule has 14 heavy (non-hydrogen) atoms. The van der Waals surface area contributed by atoms with Gasteiger partial charge in [-0.15, -0.1) is 0 Å². The fraction of sp³-hybridized carbons (Fsp3) is 0.818. The molecule has 0 aromatic heterocycles. The standard InChI is InChI=1S/C11H21O3/c1-2-3-7-10-14-11(13)8-5-4-6-9-12/h12H,1-10H2. The lowest BCUT2D eigenvalue weighted by atomic mass is 10.2. The van der Waals surface area contributed by atoms with Gasteiger partial charge in [-0.2, -0.15) is 0 Å². The molecule has 0 saturated carbocycles. The van der Waals surface area contributed by atoms with Crippen molar-refractivity contribution in [3.63, 3.8) is 0 Å². The Morgan fingerprint density at radius 3 is 2.57 bits per heavy atom. The van der Waals surface area contributed by atoms with Crippen LogP contribution >= 0.6 is 0 Å². The van der Waals surface area contributed by atoms with Gasteiger partial charge in [-0.25, -0.2) is 0 Å². The van der Waals surface area contributed by atoms with E-state index in [4.69, 9.17) is 9.84 Å². The average molecular weight is 201 g/mol. The van der Waals surface area contributed by atoms with Gasteiger partial charge < -0.3 is 9.84 Å². The number of ether oxygens (including phenoxy) is 1. The van der Waals surface area contributed by atoms with Gasteiger partial charge in [0.25, 0.3) is 0 Å². The van der Waals surface area contributed by atoms with Gasteiger partial charge >= 0.3 is 5.97 Å². The number of aliphatic hydroxyl groups is 1. The van der Waals surface area contributed by atoms with Crippen molar-refractivity contribution >= 4 is 5.97 Å². The molecule has 0 atom stereocenters. The van der Waals surface area contributed by atoms with E-state index >= 15 is 0 Å². The first-order chi connectivity index (χ1) is 6.81. The lowest BCUT2D eigenvalue weighted by Crippen LogP contribution is -2.05. The lowest BCUT2D eigenvalue weighted by Gasteiger charge is -2.03. The van der Waals surface area contributed by atoms with Crippen LogP contribution in [0.3, 0.4) is 0 Å². The molecule has 0 rings (SSSR count). The highest BCUT2D eigenvalue weighted by Gasteiger charge is 2.01. The third-order valence-corrected chi connectivity index (χ3v) is 1.95. The molecule has 0 unspecified atom stereocenters. The number of hydrogen-bond acceptors (Lipinski definition) is 3. The Bertz CT molecular complexity index is 120. The fourth-order valence-electron chi connectivity index (χ4n) is 1.09. The molecule has 1 N–H and O–H groups in total. The largest absolute Gasteiger partial charge is 0.466 e. The highest BCUT2D eigenvalue weighted by molar-refractivity contribution is 5.69. The first-order valence-corrected chi connectivity index (χ1v) is 5.37. The molecule has 0 aromatic rings. The molecule has 0 aromatic carbocycles. The zero-order valence-electron chi connectivity index (χ0n) is 8.83. The third kappa shape index (κ3) is 9.52. The van der Waals surface area contributed by atoms with Crippen molar-refractivity contribution in [1.29, 1.82) is 0 Å². The van der Waals surface area contributed by atoms with Crippen molar-refractivity contribution in [2.24, 2.45) is 0 Å². The van der Waals surface area contributed by atoms with Gasteiger partial charge in [0.2, 0.25) is 0 Å². The maximum Gasteiger partial charge on any atom is 0.305 e. The molecular formula is C11H21O3. The van der Waals surface area contributed by atoms with Gasteiger partial charge in [0.05, 0.1) is 6.61 Å². The summed E-state index contributed by atoms with van der Waals surface area (Å²) >= 11 is 0. The molecule has 0 bridgehead atoms. The van der Waals surface area contributed by atoms with Crippen LogP contribution in [-0.2, 0) is 9.53 Å². The van der Waals surface area contributed by atoms with E-state index in [1.54, 1.807) is 0 Å². The second kappa shape index (κ2) is 10.5. The maximum atomic E-state index is 11.1. The van der Waals surface area contributed by atoms with Crippen molar-refractivity contribution in [3.8, 4) is 0 Å². The van der Waals surface area contributed by atoms with Crippen LogP contribution in [0.5, 0.6) is 0 Å². The van der Waals surface area contributed by atoms with E-state index in [-0.39, 0.29) is 12.6 Å². The number of hydrogen-bond donors (Lipinski definition) is 1. The summed E-state index contributed by atoms with van der Waals surface area (Å²) in [5, 5.41) is 8.51. The number of carbonyl (C=O) groups is 1. The highest BCUT2D eigenvalue weighted by atomic mass is 16.5. The van der Waals surface area contributed by atoms with Crippen molar-refractivity contribution in [1.82, 2.24) is 0 Å². The summed E-state index contributed by atoms with van der Waals surface area (Å²) in [5.74, 6) is -0.119. The van der Waals surface area contributed by atoms with E-state index in [1.807, 2.05) is 0 Å². The quantitative estimate of drug-likeness (QED) is 0.459. The SMILES string of the molecule is [CH2]CCCCOC(=O)CCCCCO. The first kappa shape index (κ1) is 13.4. The number of rotatable bonds is 9. The van der Waals surface area contributed by atoms with Crippen LogP contribution in [0.2, 0.25) is 0 Å². The molecular weight excluding hydrogens is 180 g/mol. The molecule has 0 heterocycles. The number of aliphatic hydroxyl groups excluding tert-OH is 1. The minimum Gasteiger partial charge on any atom is -0.466 e. The predicted molar refractivity (Wildman–Crippen MR) is 55.7 cm³/mol. The first-order valence-electron chi connectivity index (χ1n) is 5.37. The summed E-state index contributed by atoms with van der Waals surface area (Å²) in [6.07, 6.45) is 5.77. The number of esters is 1. The van der Waals surface area contributed by atoms with Gasteiger partial charge in [-0.1, -0.05) is 26.2 Å². The summed E-state index contributed by atoms with van der Waals surface area (Å²) in [4.78, 5) is 11.1. The monoisotopic (exact) mass is 201 g/mol. The minimum atomic E-state index is -0.119. The Morgan fingerprint density at radius 1 is 1.14 bits per heavy atom. The number of carbonyl (C=O) groups excluding carboxylic acids is 1. The van der Waals surface area contributed by atoms with Gasteiger partial charge in [0.15, 0.2) is 0 Å². The molecule has 3 heteroatoms. The maximum absolute atomic E-state index is 11.1. The van der Waals surface area contributed by atoms with E-state index in [1.165, 1.54) is 0 Å². The molecule has 0 saturated heterocycles. The van der Waals surface area contributed by atoms with Crippen LogP contribution in [-0.4, -0.2) is 24.3 Å². The van der Waals surface area contributed by atoms with Crippen LogP contribution in [0, 0.1) is 6.92 Å². The molecule has 0 fully saturated rings. The molecule has 0 aliphatic rings. The third-order valence-electron chi connectivity index (χ3n) is 1.95. The normalized spacial score (nSPS) is 10.1. The Hall–Kier alpha value is -0.570. The zero-order chi connectivity index (χ0) is 10.6. The van der Waals surface area contributed by atoms with Crippen molar-refractivity contribution in [3.05, 3.63) is 6.92 Å². The van der Waals surface area contributed by atoms with Crippen LogP contribution in [0.25, 0.3) is 0 Å². The molecule has 0 amide bonds. The van der Waals surface area contributed by atoms with E-state index in [2.05, 4.69) is 6.92 Å². The highest BCUT2D eigenvalue weighted by Crippen LogP contribution is 2.02. The van der Waals surface area contributed by atoms with Crippen LogP contribution in [0.15, 0.2) is 0 Å². The Morgan fingerprint density at radius 2 is 1.93 bits per heavy atom. The van der Waals surface area contributed by atoms with Crippen molar-refractivity contribution in [2.75, 3.05) is 13.2 Å². The second-order valence-electron chi connectivity index (χ2n) is 3.32. The Labute approximate surface area is 86.5 Å². The van der Waals surface area contributed by atoms with Crippen LogP contribution in [0.4, 0.5) is 0 Å². The summed E-state index contributed by atoms with van der Waals surface area (Å²) in [7, 11) is 0. The second-order valence-corrected chi connectivity index (χ2v) is 3.32. The van der Waals surface area contributed by atoms with E-state index in [0.717, 1.165) is 38.5 Å². The Balaban J connectivity index is 3.11. The van der Waals surface area contributed by atoms with Gasteiger partial charge in [0, 0.05) is 13.0 Å².